The van der Waals surface area contributed by atoms with Gasteiger partial charge in [0.1, 0.15) is 29.4 Å². The summed E-state index contributed by atoms with van der Waals surface area (Å²) in [7, 11) is -4.12. The number of anilines is 1. The molecule has 2 aliphatic heterocycles. The van der Waals surface area contributed by atoms with Gasteiger partial charge in [0.25, 0.3) is 5.91 Å². The summed E-state index contributed by atoms with van der Waals surface area (Å²) >= 11 is 1.38. The number of amides is 3. The van der Waals surface area contributed by atoms with E-state index in [0.717, 1.165) is 42.5 Å². The van der Waals surface area contributed by atoms with Crippen LogP contribution in [0.2, 0.25) is 0 Å². The van der Waals surface area contributed by atoms with Gasteiger partial charge in [0.2, 0.25) is 34.1 Å². The summed E-state index contributed by atoms with van der Waals surface area (Å²) in [5.74, 6) is -4.01. The fourth-order valence-corrected chi connectivity index (χ4v) is 9.97. The van der Waals surface area contributed by atoms with Crippen LogP contribution in [0.1, 0.15) is 77.0 Å². The number of benzene rings is 2. The lowest BCUT2D eigenvalue weighted by Crippen LogP contribution is -2.59. The molecule has 0 unspecified atom stereocenters. The molecule has 0 radical (unpaired) electrons. The molecular weight excluding hydrogens is 801 g/mol. The van der Waals surface area contributed by atoms with Gasteiger partial charge in [0, 0.05) is 17.4 Å². The Hall–Kier alpha value is -5.03. The average Bonchev–Trinajstić information content (AvgIpc) is 4.09. The molecule has 3 N–H and O–H groups in total. The Morgan fingerprint density at radius 3 is 2.53 bits per heavy atom. The van der Waals surface area contributed by atoms with Crippen LogP contribution in [-0.2, 0) is 30.8 Å². The van der Waals surface area contributed by atoms with E-state index in [1.54, 1.807) is 6.07 Å². The minimum atomic E-state index is -4.12. The molecule has 4 aromatic rings. The van der Waals surface area contributed by atoms with Gasteiger partial charge in [-0.2, -0.15) is 0 Å². The molecule has 2 aliphatic carbocycles. The molecule has 6 bridgehead atoms. The highest BCUT2D eigenvalue weighted by Gasteiger charge is 2.67. The average molecular weight is 848 g/mol. The van der Waals surface area contributed by atoms with E-state index in [-0.39, 0.29) is 18.8 Å². The quantitative estimate of drug-likeness (QED) is 0.206. The number of aryl methyl sites for hydroxylation is 1. The summed E-state index contributed by atoms with van der Waals surface area (Å²) in [6.45, 7) is 5.55. The number of hydrogen-bond acceptors (Lipinski definition) is 11. The zero-order valence-corrected chi connectivity index (χ0v) is 34.6. The molecule has 2 aromatic carbocycles. The first-order valence-corrected chi connectivity index (χ1v) is 22.4. The smallest absolute Gasteiger partial charge is 0.259 e. The van der Waals surface area contributed by atoms with Crippen LogP contribution in [-0.4, -0.2) is 87.9 Å². The number of fused-ring (bicyclic) bond motifs is 9. The van der Waals surface area contributed by atoms with Gasteiger partial charge in [-0.1, -0.05) is 63.3 Å². The minimum absolute atomic E-state index is 0.0933. The number of halogens is 2. The number of carbonyl (C=O) groups excluding carboxylic acids is 3. The Balaban J connectivity index is 1.17. The summed E-state index contributed by atoms with van der Waals surface area (Å²) in [4.78, 5) is 58.8. The Labute approximate surface area is 345 Å². The fourth-order valence-electron chi connectivity index (χ4n) is 7.83. The molecule has 312 valence electrons. The Bertz CT molecular complexity index is 2420. The number of ether oxygens (including phenoxy) is 1. The number of carbonyl (C=O) groups is 3. The summed E-state index contributed by atoms with van der Waals surface area (Å²) in [6, 6.07) is 13.0. The fraction of sp³-hybridized carbons (Fsp3) is 0.476. The third-order valence-electron chi connectivity index (χ3n) is 11.4. The molecule has 3 amide bonds. The topological polar surface area (TPSA) is 173 Å². The minimum Gasteiger partial charge on any atom is -0.471 e. The van der Waals surface area contributed by atoms with E-state index in [0.29, 0.717) is 34.7 Å². The Morgan fingerprint density at radius 1 is 1.05 bits per heavy atom. The van der Waals surface area contributed by atoms with Crippen LogP contribution in [0.25, 0.3) is 28.4 Å². The van der Waals surface area contributed by atoms with Gasteiger partial charge in [0.05, 0.1) is 34.4 Å². The van der Waals surface area contributed by atoms with E-state index in [2.05, 4.69) is 22.8 Å². The van der Waals surface area contributed by atoms with Crippen molar-refractivity contribution in [3.05, 3.63) is 71.2 Å². The van der Waals surface area contributed by atoms with Crippen molar-refractivity contribution in [3.8, 4) is 17.1 Å². The molecular formula is C42H47F2N7O6S2. The standard InChI is InChI=1S/C42H47F2N7O6S2/c1-41(2,3)34-38(53)51-22-27(20-32(51)36(52)49-42(21-29(42)35(43)44)39(54)50-59(55,56)28-17-18-28)57-37-33(46-30-15-8-9-16-31(30)47-37)25-13-10-12-24(19-25)11-6-4-5-7-14-26-23-58-40(45-26)48-34/h6,8-13,15-16,19,23,27-29,32,34-35H,4-5,7,14,17-18,20-22H2,1-3H3,(H,45,48)(H,49,52)(H,50,54)/b11-6+/t27-,29+,32+,34-,42-/m1/s1. The van der Waals surface area contributed by atoms with Crippen molar-refractivity contribution in [3.63, 3.8) is 0 Å². The normalized spacial score (nSPS) is 25.6. The Morgan fingerprint density at radius 2 is 1.81 bits per heavy atom. The summed E-state index contributed by atoms with van der Waals surface area (Å²) in [5, 5.41) is 7.54. The molecule has 4 heterocycles. The molecule has 59 heavy (non-hydrogen) atoms. The molecule has 3 fully saturated rings. The van der Waals surface area contributed by atoms with Crippen molar-refractivity contribution < 1.29 is 36.3 Å². The van der Waals surface area contributed by atoms with E-state index in [1.807, 2.05) is 73.3 Å². The highest BCUT2D eigenvalue weighted by Crippen LogP contribution is 2.48. The number of rotatable bonds is 6. The SMILES string of the molecule is CC(C)(C)[C@@H]1Nc2nc(cs2)CCCC/C=C/c2cccc(c2)-c2nc3ccccc3nc2O[C@@H]2C[C@@H](C(=O)N[C@]3(C(=O)NS(=O)(=O)C4CC4)C[C@H]3C(F)F)N(C2)C1=O. The third kappa shape index (κ3) is 8.67. The zero-order chi connectivity index (χ0) is 41.7. The zero-order valence-electron chi connectivity index (χ0n) is 33.0. The number of sulfonamides is 1. The van der Waals surface area contributed by atoms with Crippen LogP contribution in [0.5, 0.6) is 5.88 Å². The number of alkyl halides is 2. The first-order valence-electron chi connectivity index (χ1n) is 20.0. The monoisotopic (exact) mass is 847 g/mol. The van der Waals surface area contributed by atoms with Crippen molar-refractivity contribution in [2.45, 2.75) is 108 Å². The maximum absolute atomic E-state index is 14.9. The number of nitrogens with zero attached hydrogens (tertiary/aromatic N) is 4. The lowest BCUT2D eigenvalue weighted by atomic mass is 9.85. The lowest BCUT2D eigenvalue weighted by Gasteiger charge is -2.35. The molecule has 2 aromatic heterocycles. The first kappa shape index (κ1) is 40.7. The van der Waals surface area contributed by atoms with E-state index in [1.165, 1.54) is 16.2 Å². The van der Waals surface area contributed by atoms with Gasteiger partial charge in [0.15, 0.2) is 5.13 Å². The van der Waals surface area contributed by atoms with Gasteiger partial charge in [-0.3, -0.25) is 19.1 Å². The van der Waals surface area contributed by atoms with Gasteiger partial charge in [-0.25, -0.2) is 32.2 Å². The number of para-hydroxylation sites is 2. The van der Waals surface area contributed by atoms with Gasteiger partial charge in [-0.05, 0) is 74.1 Å². The van der Waals surface area contributed by atoms with Crippen molar-refractivity contribution >= 4 is 61.3 Å². The lowest BCUT2D eigenvalue weighted by molar-refractivity contribution is -0.141. The molecule has 4 aliphatic rings. The number of allylic oxidation sites excluding steroid dienone is 1. The number of nitrogens with one attached hydrogen (secondary N) is 3. The maximum Gasteiger partial charge on any atom is 0.259 e. The predicted octanol–water partition coefficient (Wildman–Crippen LogP) is 6.12. The molecule has 8 rings (SSSR count). The van der Waals surface area contributed by atoms with E-state index < -0.39 is 80.9 Å². The van der Waals surface area contributed by atoms with Crippen LogP contribution in [0.3, 0.4) is 0 Å². The van der Waals surface area contributed by atoms with Gasteiger partial charge < -0.3 is 20.3 Å². The molecule has 17 heteroatoms. The van der Waals surface area contributed by atoms with Crippen molar-refractivity contribution in [2.24, 2.45) is 11.3 Å². The molecule has 1 saturated heterocycles. The second-order valence-electron chi connectivity index (χ2n) is 17.0. The van der Waals surface area contributed by atoms with E-state index >= 15 is 0 Å². The second kappa shape index (κ2) is 15.9. The largest absolute Gasteiger partial charge is 0.471 e. The first-order chi connectivity index (χ1) is 28.1. The summed E-state index contributed by atoms with van der Waals surface area (Å²) in [6.07, 6.45) is 3.97. The van der Waals surface area contributed by atoms with E-state index in [4.69, 9.17) is 19.7 Å². The molecule has 2 saturated carbocycles. The van der Waals surface area contributed by atoms with Crippen molar-refractivity contribution in [1.82, 2.24) is 29.9 Å². The van der Waals surface area contributed by atoms with Crippen LogP contribution >= 0.6 is 11.3 Å². The summed E-state index contributed by atoms with van der Waals surface area (Å²) in [5.41, 5.74) is 1.35. The van der Waals surface area contributed by atoms with Crippen molar-refractivity contribution in [1.29, 1.82) is 0 Å². The molecule has 0 spiro atoms. The predicted molar refractivity (Wildman–Crippen MR) is 220 cm³/mol. The highest BCUT2D eigenvalue weighted by molar-refractivity contribution is 7.91. The van der Waals surface area contributed by atoms with Gasteiger partial charge >= 0.3 is 0 Å². The van der Waals surface area contributed by atoms with Gasteiger partial charge in [-0.15, -0.1) is 11.3 Å². The number of thiazole rings is 1. The number of hydrogen-bond donors (Lipinski definition) is 3. The van der Waals surface area contributed by atoms with Crippen LogP contribution < -0.4 is 20.1 Å². The molecule has 13 nitrogen and oxygen atoms in total. The third-order valence-corrected chi connectivity index (χ3v) is 14.0. The van der Waals surface area contributed by atoms with Crippen LogP contribution in [0.15, 0.2) is 60.0 Å². The van der Waals surface area contributed by atoms with E-state index in [9.17, 15) is 31.6 Å². The van der Waals surface area contributed by atoms with Crippen LogP contribution in [0.4, 0.5) is 13.9 Å². The van der Waals surface area contributed by atoms with Crippen LogP contribution in [0, 0.1) is 11.3 Å². The highest BCUT2D eigenvalue weighted by atomic mass is 32.2. The summed E-state index contributed by atoms with van der Waals surface area (Å²) < 4.78 is 62.6. The maximum atomic E-state index is 14.9. The number of aromatic nitrogens is 3. The van der Waals surface area contributed by atoms with Crippen molar-refractivity contribution in [2.75, 3.05) is 11.9 Å². The Kier molecular flexibility index (Phi) is 11.0. The molecule has 5 atom stereocenters. The second-order valence-corrected chi connectivity index (χ2v) is 19.8.